The van der Waals surface area contributed by atoms with Crippen LogP contribution in [-0.2, 0) is 4.74 Å². The summed E-state index contributed by atoms with van der Waals surface area (Å²) >= 11 is 0. The molecule has 0 saturated carbocycles. The number of anilines is 1. The topological polar surface area (TPSA) is 55.6 Å². The molecule has 2 heterocycles. The Labute approximate surface area is 154 Å². The lowest BCUT2D eigenvalue weighted by Crippen LogP contribution is -2.46. The van der Waals surface area contributed by atoms with E-state index in [1.165, 1.54) is 18.2 Å². The number of morpholine rings is 1. The molecule has 2 atom stereocenters. The Morgan fingerprint density at radius 1 is 1.19 bits per heavy atom. The second kappa shape index (κ2) is 6.74. The Hall–Kier alpha value is -2.80. The number of nitrogens with zero attached hydrogens (tertiary/aromatic N) is 2. The lowest BCUT2D eigenvalue weighted by molar-refractivity contribution is -0.00543. The molecule has 0 amide bonds. The molecule has 0 bridgehead atoms. The van der Waals surface area contributed by atoms with Gasteiger partial charge in [0.15, 0.2) is 12.1 Å². The van der Waals surface area contributed by atoms with E-state index >= 15 is 4.39 Å². The van der Waals surface area contributed by atoms with Crippen LogP contribution in [0.3, 0.4) is 0 Å². The van der Waals surface area contributed by atoms with Crippen LogP contribution in [0.25, 0.3) is 22.2 Å². The zero-order valence-corrected chi connectivity index (χ0v) is 14.9. The Kier molecular flexibility index (Phi) is 4.39. The minimum absolute atomic E-state index is 0.0966. The van der Waals surface area contributed by atoms with Gasteiger partial charge >= 0.3 is 0 Å². The minimum atomic E-state index is -0.675. The molecule has 0 aliphatic carbocycles. The quantitative estimate of drug-likeness (QED) is 0.645. The molecule has 1 saturated heterocycles. The third-order valence-corrected chi connectivity index (χ3v) is 4.70. The first-order valence-electron chi connectivity index (χ1n) is 8.72. The van der Waals surface area contributed by atoms with Gasteiger partial charge in [0, 0.05) is 24.2 Å². The summed E-state index contributed by atoms with van der Waals surface area (Å²) in [4.78, 5) is 13.5. The van der Waals surface area contributed by atoms with Gasteiger partial charge in [-0.2, -0.15) is 0 Å². The zero-order valence-electron chi connectivity index (χ0n) is 14.9. The molecule has 0 radical (unpaired) electrons. The van der Waals surface area contributed by atoms with Crippen molar-refractivity contribution in [3.63, 3.8) is 0 Å². The number of fused-ring (bicyclic) bond motifs is 1. The second-order valence-corrected chi connectivity index (χ2v) is 6.80. The normalized spacial score (nSPS) is 20.2. The SMILES string of the molecule is CC1CN(c2c(C=O)cc3c(-c4ccccc4F)noc3c2F)CC(C)O1. The van der Waals surface area contributed by atoms with Gasteiger partial charge in [-0.1, -0.05) is 17.3 Å². The Balaban J connectivity index is 1.90. The van der Waals surface area contributed by atoms with Gasteiger partial charge in [-0.25, -0.2) is 8.78 Å². The molecule has 2 unspecified atom stereocenters. The van der Waals surface area contributed by atoms with Crippen molar-refractivity contribution in [2.24, 2.45) is 0 Å². The molecule has 1 aromatic heterocycles. The van der Waals surface area contributed by atoms with Crippen molar-refractivity contribution in [3.8, 4) is 11.3 Å². The summed E-state index contributed by atoms with van der Waals surface area (Å²) in [6.45, 7) is 4.68. The molecule has 0 spiro atoms. The van der Waals surface area contributed by atoms with Gasteiger partial charge in [-0.05, 0) is 32.0 Å². The van der Waals surface area contributed by atoms with Crippen molar-refractivity contribution < 1.29 is 22.8 Å². The summed E-state index contributed by atoms with van der Waals surface area (Å²) in [5, 5.41) is 4.13. The summed E-state index contributed by atoms with van der Waals surface area (Å²) in [5.74, 6) is -1.17. The standard InChI is InChI=1S/C20H18F2N2O3/c1-11-8-24(9-12(2)26-11)19-13(10-25)7-15-18(23-27-20(15)17(19)22)14-5-3-4-6-16(14)21/h3-7,10-12H,8-9H2,1-2H3. The first-order chi connectivity index (χ1) is 13.0. The molecule has 4 rings (SSSR count). The van der Waals surface area contributed by atoms with Gasteiger partial charge in [0.1, 0.15) is 11.5 Å². The van der Waals surface area contributed by atoms with Crippen molar-refractivity contribution >= 4 is 22.9 Å². The molecule has 2 aromatic carbocycles. The number of halogens is 2. The average molecular weight is 372 g/mol. The van der Waals surface area contributed by atoms with Crippen LogP contribution in [0.15, 0.2) is 34.9 Å². The summed E-state index contributed by atoms with van der Waals surface area (Å²) < 4.78 is 40.4. The summed E-state index contributed by atoms with van der Waals surface area (Å²) in [7, 11) is 0. The smallest absolute Gasteiger partial charge is 0.205 e. The molecule has 7 heteroatoms. The molecule has 1 aliphatic heterocycles. The van der Waals surface area contributed by atoms with Crippen LogP contribution in [0, 0.1) is 11.6 Å². The first-order valence-corrected chi connectivity index (χ1v) is 8.72. The Morgan fingerprint density at radius 2 is 1.89 bits per heavy atom. The zero-order chi connectivity index (χ0) is 19.1. The van der Waals surface area contributed by atoms with E-state index in [2.05, 4.69) is 5.16 Å². The number of ether oxygens (including phenoxy) is 1. The highest BCUT2D eigenvalue weighted by Crippen LogP contribution is 2.37. The van der Waals surface area contributed by atoms with Gasteiger partial charge in [-0.15, -0.1) is 0 Å². The highest BCUT2D eigenvalue weighted by atomic mass is 19.1. The average Bonchev–Trinajstić information content (AvgIpc) is 3.05. The predicted molar refractivity (Wildman–Crippen MR) is 97.0 cm³/mol. The lowest BCUT2D eigenvalue weighted by atomic mass is 10.0. The van der Waals surface area contributed by atoms with E-state index in [1.54, 1.807) is 17.0 Å². The number of aldehydes is 1. The largest absolute Gasteiger partial charge is 0.372 e. The lowest BCUT2D eigenvalue weighted by Gasteiger charge is -2.37. The third kappa shape index (κ3) is 2.98. The number of rotatable bonds is 3. The van der Waals surface area contributed by atoms with Gasteiger partial charge < -0.3 is 14.2 Å². The molecule has 1 aliphatic rings. The number of carbonyl (C=O) groups is 1. The molecule has 5 nitrogen and oxygen atoms in total. The number of benzene rings is 2. The molecule has 1 fully saturated rings. The molecular weight excluding hydrogens is 354 g/mol. The highest BCUT2D eigenvalue weighted by molar-refractivity contribution is 6.00. The Morgan fingerprint density at radius 3 is 2.56 bits per heavy atom. The van der Waals surface area contributed by atoms with Crippen LogP contribution >= 0.6 is 0 Å². The van der Waals surface area contributed by atoms with Crippen LogP contribution in [0.2, 0.25) is 0 Å². The number of carbonyl (C=O) groups excluding carboxylic acids is 1. The third-order valence-electron chi connectivity index (χ3n) is 4.70. The monoisotopic (exact) mass is 372 g/mol. The minimum Gasteiger partial charge on any atom is -0.372 e. The first kappa shape index (κ1) is 17.6. The van der Waals surface area contributed by atoms with E-state index in [0.29, 0.717) is 19.4 Å². The van der Waals surface area contributed by atoms with Gasteiger partial charge in [0.2, 0.25) is 5.58 Å². The maximum atomic E-state index is 15.3. The number of hydrogen-bond acceptors (Lipinski definition) is 5. The summed E-state index contributed by atoms with van der Waals surface area (Å²) in [6, 6.07) is 7.53. The van der Waals surface area contributed by atoms with Crippen LogP contribution in [-0.4, -0.2) is 36.7 Å². The molecule has 140 valence electrons. The van der Waals surface area contributed by atoms with Gasteiger partial charge in [0.05, 0.1) is 23.3 Å². The van der Waals surface area contributed by atoms with Crippen LogP contribution in [0.1, 0.15) is 24.2 Å². The second-order valence-electron chi connectivity index (χ2n) is 6.80. The van der Waals surface area contributed by atoms with Crippen molar-refractivity contribution in [2.45, 2.75) is 26.1 Å². The van der Waals surface area contributed by atoms with Crippen LogP contribution in [0.5, 0.6) is 0 Å². The van der Waals surface area contributed by atoms with E-state index in [9.17, 15) is 9.18 Å². The fraction of sp³-hybridized carbons (Fsp3) is 0.300. The molecule has 27 heavy (non-hydrogen) atoms. The molecule has 0 N–H and O–H groups in total. The Bertz CT molecular complexity index is 1010. The fourth-order valence-corrected chi connectivity index (χ4v) is 3.67. The number of aromatic nitrogens is 1. The van der Waals surface area contributed by atoms with Crippen molar-refractivity contribution in [2.75, 3.05) is 18.0 Å². The highest BCUT2D eigenvalue weighted by Gasteiger charge is 2.29. The van der Waals surface area contributed by atoms with Gasteiger partial charge in [0.25, 0.3) is 0 Å². The van der Waals surface area contributed by atoms with Crippen molar-refractivity contribution in [1.29, 1.82) is 0 Å². The fourth-order valence-electron chi connectivity index (χ4n) is 3.67. The van der Waals surface area contributed by atoms with Gasteiger partial charge in [-0.3, -0.25) is 4.79 Å². The maximum absolute atomic E-state index is 15.3. The van der Waals surface area contributed by atoms with E-state index in [-0.39, 0.29) is 45.7 Å². The maximum Gasteiger partial charge on any atom is 0.205 e. The van der Waals surface area contributed by atoms with Crippen LogP contribution in [0.4, 0.5) is 14.5 Å². The van der Waals surface area contributed by atoms with Crippen molar-refractivity contribution in [1.82, 2.24) is 5.16 Å². The molecule has 3 aromatic rings. The summed E-state index contributed by atoms with van der Waals surface area (Å²) in [6.07, 6.45) is 0.389. The predicted octanol–water partition coefficient (Wildman–Crippen LogP) is 4.20. The summed E-state index contributed by atoms with van der Waals surface area (Å²) in [5.41, 5.74) is 0.590. The van der Waals surface area contributed by atoms with Crippen LogP contribution < -0.4 is 4.90 Å². The van der Waals surface area contributed by atoms with E-state index in [4.69, 9.17) is 9.26 Å². The van der Waals surface area contributed by atoms with Crippen molar-refractivity contribution in [3.05, 3.63) is 47.5 Å². The van der Waals surface area contributed by atoms with E-state index in [0.717, 1.165) is 0 Å². The van der Waals surface area contributed by atoms with E-state index < -0.39 is 11.6 Å². The van der Waals surface area contributed by atoms with E-state index in [1.807, 2.05) is 13.8 Å². The number of hydrogen-bond donors (Lipinski definition) is 0. The molecular formula is C20H18F2N2O3.